The highest BCUT2D eigenvalue weighted by Crippen LogP contribution is 2.54. The van der Waals surface area contributed by atoms with Gasteiger partial charge in [0.25, 0.3) is 0 Å². The summed E-state index contributed by atoms with van der Waals surface area (Å²) < 4.78 is 0. The Morgan fingerprint density at radius 3 is 0.559 bits per heavy atom. The van der Waals surface area contributed by atoms with Crippen LogP contribution in [0.4, 0.5) is 0 Å². The van der Waals surface area contributed by atoms with Gasteiger partial charge < -0.3 is 0 Å². The van der Waals surface area contributed by atoms with Crippen LogP contribution < -0.4 is 0 Å². The standard InChI is InChI=1S/C47H36.C46H34/c1-27-12-21-40-41(22-27)47(37-25-34-19-15-30-8-5-9-31-16-20-35(26-37)45(34)43(30)31)39-11-3-2-10-38(39)46(40)36-23-32-17-13-28-6-4-7-29-14-18-33(24-36)44(32)42(28)29;1-2-12-38-37(11-1)45(35-23-31-19-15-27-7-5-8-28-16-20-32(24-35)43(31)41(27)28)39-13-3-4-14-40(39)46(38)36-25-33-21-17-29-9-6-10-30-18-22-34(26-36)44(33)42(29)30/h2-12,21-26H,13-20H2,1H3;1-14,23-26H,15-22H2. The van der Waals surface area contributed by atoms with Gasteiger partial charge in [-0.2, -0.15) is 0 Å². The summed E-state index contributed by atoms with van der Waals surface area (Å²) in [4.78, 5) is 0. The molecule has 0 saturated heterocycles. The summed E-state index contributed by atoms with van der Waals surface area (Å²) in [6.07, 6.45) is 18.2. The SMILES string of the molecule is Cc1ccc2c(-c3cc4c5c(c3)CCc3cccc(c3-5)CC4)c3ccccc3c(-c3cc4c5c(c3)CCc3cccc(c3-5)CC4)c2c1.c1cc2c3c(c1)CCc1cc(-c4c5ccccc5c(-c5cc6c7c(c5)CCc5cccc(c5-7)CC6)c5ccccc45)cc(c1-3)CC2. The first-order valence-electron chi connectivity index (χ1n) is 35.0. The van der Waals surface area contributed by atoms with Crippen LogP contribution in [0.1, 0.15) is 94.6 Å². The van der Waals surface area contributed by atoms with E-state index in [4.69, 9.17) is 0 Å². The summed E-state index contributed by atoms with van der Waals surface area (Å²) >= 11 is 0. The normalized spacial score (nSPS) is 15.1. The van der Waals surface area contributed by atoms with E-state index in [0.717, 1.165) is 103 Å². The molecule has 0 bridgehead atoms. The third kappa shape index (κ3) is 7.79. The quantitative estimate of drug-likeness (QED) is 0.154. The highest BCUT2D eigenvalue weighted by Gasteiger charge is 2.33. The lowest BCUT2D eigenvalue weighted by molar-refractivity contribution is 0.877. The Hall–Kier alpha value is -9.88. The maximum Gasteiger partial charge on any atom is -0.00261 e. The van der Waals surface area contributed by atoms with Gasteiger partial charge in [0.05, 0.1) is 0 Å². The Morgan fingerprint density at radius 2 is 0.333 bits per heavy atom. The molecule has 0 unspecified atom stereocenters. The molecule has 0 radical (unpaired) electrons. The van der Waals surface area contributed by atoms with Crippen LogP contribution in [0, 0.1) is 6.92 Å². The van der Waals surface area contributed by atoms with Crippen LogP contribution in [0.15, 0.2) is 212 Å². The fraction of sp³-hybridized carbons (Fsp3) is 0.183. The average Bonchev–Trinajstić information content (AvgIpc) is 0.773. The minimum absolute atomic E-state index is 1.13. The minimum Gasteiger partial charge on any atom is -0.0617 e. The first kappa shape index (κ1) is 52.7. The average molecular weight is 1190 g/mol. The molecule has 0 N–H and O–H groups in total. The Balaban J connectivity index is 0.000000125. The lowest BCUT2D eigenvalue weighted by atomic mass is 9.73. The van der Waals surface area contributed by atoms with Crippen molar-refractivity contribution < 1.29 is 0 Å². The first-order valence-corrected chi connectivity index (χ1v) is 35.0. The molecular weight excluding hydrogens is 1120 g/mol. The molecule has 14 aromatic carbocycles. The summed E-state index contributed by atoms with van der Waals surface area (Å²) in [5, 5.41) is 11.0. The predicted molar refractivity (Wildman–Crippen MR) is 390 cm³/mol. The van der Waals surface area contributed by atoms with Gasteiger partial charge in [-0.1, -0.05) is 218 Å². The van der Waals surface area contributed by atoms with Gasteiger partial charge in [0.2, 0.25) is 0 Å². The van der Waals surface area contributed by atoms with E-state index < -0.39 is 0 Å². The minimum atomic E-state index is 1.13. The van der Waals surface area contributed by atoms with Crippen molar-refractivity contribution in [2.45, 2.75) is 110 Å². The Bertz CT molecular complexity index is 5280. The van der Waals surface area contributed by atoms with E-state index in [1.165, 1.54) is 115 Å². The molecule has 0 aromatic heterocycles. The van der Waals surface area contributed by atoms with Crippen molar-refractivity contribution in [1.82, 2.24) is 0 Å². The lowest BCUT2D eigenvalue weighted by Gasteiger charge is -2.31. The second-order valence-corrected chi connectivity index (χ2v) is 28.7. The van der Waals surface area contributed by atoms with Crippen molar-refractivity contribution in [3.8, 4) is 89.0 Å². The van der Waals surface area contributed by atoms with Gasteiger partial charge in [-0.3, -0.25) is 0 Å². The summed E-state index contributed by atoms with van der Waals surface area (Å²) in [7, 11) is 0. The monoisotopic (exact) mass is 1190 g/mol. The summed E-state index contributed by atoms with van der Waals surface area (Å²) in [5.41, 5.74) is 49.6. The number of benzene rings is 14. The molecule has 0 spiro atoms. The van der Waals surface area contributed by atoms with Crippen molar-refractivity contribution in [2.24, 2.45) is 0 Å². The number of aryl methyl sites for hydroxylation is 17. The van der Waals surface area contributed by atoms with E-state index in [9.17, 15) is 0 Å². The Morgan fingerprint density at radius 1 is 0.151 bits per heavy atom. The fourth-order valence-corrected chi connectivity index (χ4v) is 19.9. The van der Waals surface area contributed by atoms with Gasteiger partial charge in [-0.25, -0.2) is 0 Å². The molecule has 442 valence electrons. The molecular formula is C93H70. The molecule has 0 atom stereocenters. The topological polar surface area (TPSA) is 0 Å². The lowest BCUT2D eigenvalue weighted by Crippen LogP contribution is -2.14. The van der Waals surface area contributed by atoms with E-state index in [2.05, 4.69) is 219 Å². The summed E-state index contributed by atoms with van der Waals surface area (Å²) in [5.74, 6) is 0. The molecule has 0 heterocycles. The summed E-state index contributed by atoms with van der Waals surface area (Å²) in [6, 6.07) is 83.3. The van der Waals surface area contributed by atoms with Crippen LogP contribution in [-0.2, 0) is 103 Å². The third-order valence-corrected chi connectivity index (χ3v) is 23.7. The predicted octanol–water partition coefficient (Wildman–Crippen LogP) is 22.4. The number of hydrogen-bond acceptors (Lipinski definition) is 0. The third-order valence-electron chi connectivity index (χ3n) is 23.7. The maximum absolute atomic E-state index is 2.56. The van der Waals surface area contributed by atoms with Crippen molar-refractivity contribution in [3.63, 3.8) is 0 Å². The first-order chi connectivity index (χ1) is 46.0. The highest BCUT2D eigenvalue weighted by molar-refractivity contribution is 6.23. The van der Waals surface area contributed by atoms with E-state index in [1.54, 1.807) is 111 Å². The van der Waals surface area contributed by atoms with E-state index in [-0.39, 0.29) is 0 Å². The zero-order valence-electron chi connectivity index (χ0n) is 53.0. The maximum atomic E-state index is 2.56. The molecule has 14 aromatic rings. The molecule has 0 heteroatoms. The highest BCUT2D eigenvalue weighted by atomic mass is 14.4. The largest absolute Gasteiger partial charge is 0.0617 e. The van der Waals surface area contributed by atoms with E-state index in [0.29, 0.717) is 0 Å². The van der Waals surface area contributed by atoms with E-state index >= 15 is 0 Å². The molecule has 22 rings (SSSR count). The second-order valence-electron chi connectivity index (χ2n) is 28.7. The van der Waals surface area contributed by atoms with Gasteiger partial charge in [0, 0.05) is 0 Å². The molecule has 8 aliphatic rings. The van der Waals surface area contributed by atoms with Gasteiger partial charge in [-0.05, 0) is 331 Å². The molecule has 93 heavy (non-hydrogen) atoms. The number of fused-ring (bicyclic) bond motifs is 4. The fourth-order valence-electron chi connectivity index (χ4n) is 19.9. The molecule has 0 aliphatic heterocycles. The summed E-state index contributed by atoms with van der Waals surface area (Å²) in [6.45, 7) is 2.26. The van der Waals surface area contributed by atoms with Gasteiger partial charge in [0.1, 0.15) is 0 Å². The van der Waals surface area contributed by atoms with E-state index in [1.807, 2.05) is 0 Å². The van der Waals surface area contributed by atoms with Crippen molar-refractivity contribution in [2.75, 3.05) is 0 Å². The Kier molecular flexibility index (Phi) is 11.4. The molecule has 8 aliphatic carbocycles. The van der Waals surface area contributed by atoms with Crippen LogP contribution in [-0.4, -0.2) is 0 Å². The van der Waals surface area contributed by atoms with Crippen LogP contribution in [0.25, 0.3) is 132 Å². The van der Waals surface area contributed by atoms with Crippen molar-refractivity contribution in [1.29, 1.82) is 0 Å². The smallest absolute Gasteiger partial charge is 0.00261 e. The van der Waals surface area contributed by atoms with Crippen LogP contribution in [0.5, 0.6) is 0 Å². The van der Waals surface area contributed by atoms with Crippen LogP contribution in [0.2, 0.25) is 0 Å². The van der Waals surface area contributed by atoms with Crippen molar-refractivity contribution in [3.05, 3.63) is 307 Å². The molecule has 0 saturated carbocycles. The second kappa shape index (κ2) is 20.1. The van der Waals surface area contributed by atoms with Gasteiger partial charge in [-0.15, -0.1) is 0 Å². The molecule has 0 amide bonds. The molecule has 0 nitrogen and oxygen atoms in total. The number of rotatable bonds is 4. The number of hydrogen-bond donors (Lipinski definition) is 0. The van der Waals surface area contributed by atoms with Crippen LogP contribution in [0.3, 0.4) is 0 Å². The van der Waals surface area contributed by atoms with Gasteiger partial charge >= 0.3 is 0 Å². The van der Waals surface area contributed by atoms with Gasteiger partial charge in [0.15, 0.2) is 0 Å². The molecule has 0 fully saturated rings. The Labute approximate surface area is 545 Å². The van der Waals surface area contributed by atoms with Crippen LogP contribution >= 0.6 is 0 Å². The van der Waals surface area contributed by atoms with Crippen molar-refractivity contribution >= 4 is 43.1 Å². The zero-order valence-corrected chi connectivity index (χ0v) is 53.0. The zero-order chi connectivity index (χ0) is 60.7.